The fraction of sp³-hybridized carbons (Fsp3) is 0.500. The van der Waals surface area contributed by atoms with Gasteiger partial charge in [0.2, 0.25) is 0 Å². The summed E-state index contributed by atoms with van der Waals surface area (Å²) in [7, 11) is 18.1. The summed E-state index contributed by atoms with van der Waals surface area (Å²) in [5.41, 5.74) is 11.8. The molecule has 0 radical (unpaired) electrons. The quantitative estimate of drug-likeness (QED) is 0.0230. The van der Waals surface area contributed by atoms with E-state index in [1.807, 2.05) is 196 Å². The van der Waals surface area contributed by atoms with Crippen LogP contribution < -0.4 is 37.5 Å². The summed E-state index contributed by atoms with van der Waals surface area (Å²) in [6.07, 6.45) is 14.0. The van der Waals surface area contributed by atoms with Crippen molar-refractivity contribution in [1.82, 2.24) is 140 Å². The van der Waals surface area contributed by atoms with Crippen LogP contribution in [0.3, 0.4) is 0 Å². The molecule has 17 rings (SSSR count). The van der Waals surface area contributed by atoms with Crippen LogP contribution in [0.4, 0.5) is 38.7 Å². The molecule has 0 atom stereocenters. The highest BCUT2D eigenvalue weighted by molar-refractivity contribution is 9.10. The minimum Gasteiger partial charge on any atom is -0.465 e. The molecule has 0 amide bonds. The van der Waals surface area contributed by atoms with Gasteiger partial charge in [-0.05, 0) is 165 Å². The average Bonchev–Trinajstić information content (AvgIpc) is 1.64. The lowest BCUT2D eigenvalue weighted by Crippen LogP contribution is -2.47. The fourth-order valence-corrected chi connectivity index (χ4v) is 13.4. The Labute approximate surface area is 783 Å². The van der Waals surface area contributed by atoms with Crippen LogP contribution in [-0.2, 0) is 101 Å². The van der Waals surface area contributed by atoms with Gasteiger partial charge in [0.25, 0.3) is 0 Å². The van der Waals surface area contributed by atoms with Gasteiger partial charge in [0.1, 0.15) is 67.9 Å². The van der Waals surface area contributed by atoms with E-state index in [1.54, 1.807) is 69.9 Å². The number of H-pyrrole nitrogens is 2. The second-order valence-electron chi connectivity index (χ2n) is 34.9. The molecule has 700 valence electrons. The normalized spacial score (nSPS) is 15.0. The van der Waals surface area contributed by atoms with Crippen molar-refractivity contribution in [3.05, 3.63) is 118 Å². The van der Waals surface area contributed by atoms with E-state index >= 15 is 0 Å². The highest BCUT2D eigenvalue weighted by Gasteiger charge is 2.53. The van der Waals surface area contributed by atoms with Gasteiger partial charge < -0.3 is 68.7 Å². The van der Waals surface area contributed by atoms with Crippen molar-refractivity contribution in [3.63, 3.8) is 0 Å². The molecule has 0 saturated carbocycles. The maximum absolute atomic E-state index is 11.9. The van der Waals surface area contributed by atoms with Gasteiger partial charge in [0.05, 0.1) is 58.1 Å². The molecule has 0 aromatic carbocycles. The molecular weight excluding hydrogens is 1890 g/mol. The van der Waals surface area contributed by atoms with Crippen molar-refractivity contribution in [2.45, 2.75) is 168 Å². The third kappa shape index (κ3) is 25.8. The summed E-state index contributed by atoms with van der Waals surface area (Å²) in [5, 5.41) is 77.7. The predicted molar refractivity (Wildman–Crippen MR) is 508 cm³/mol. The number of aromatic amines is 2. The number of methoxy groups -OCH3 is 1. The minimum atomic E-state index is -0.562. The van der Waals surface area contributed by atoms with Crippen molar-refractivity contribution >= 4 is 183 Å². The van der Waals surface area contributed by atoms with Crippen LogP contribution in [-0.4, -0.2) is 269 Å². The smallest absolute Gasteiger partial charge is 0.465 e. The lowest BCUT2D eigenvalue weighted by Gasteiger charge is -2.33. The van der Waals surface area contributed by atoms with E-state index in [2.05, 4.69) is 200 Å². The van der Waals surface area contributed by atoms with E-state index in [0.717, 1.165) is 116 Å². The van der Waals surface area contributed by atoms with Crippen LogP contribution >= 0.6 is 47.8 Å². The zero-order valence-electron chi connectivity index (χ0n) is 78.6. The Balaban J connectivity index is 0.000000157. The Morgan fingerprint density at radius 1 is 0.473 bits per heavy atom. The SMILES string of the molecule is BrCc1cn[nH]c1.CC(C)(C)OC(=O)n1cc(B2OC(C)(C)C(C)(C)O2)cn1.CC(C)(C)OC(=O)n1cc(CB2OC(C)(C)C(C)(C)O2)cn1.CNc1cc(B2OCC(C)(C)CO2)c2nnn(C)c2n1.CNc1cc(Br)c2nnn(C)c2n1.CNc1cc(C(=O)OC)c2nnn(C)c2n1.CNc1cc(CBr)c2nnn(C)c2n1.CNc1cc(Cc2cn[nH]c2)c2nnn(C)c2n1. The zero-order chi connectivity index (χ0) is 96.0. The number of carbonyl (C=O) groups is 3. The first-order valence-electron chi connectivity index (χ1n) is 41.4. The van der Waals surface area contributed by atoms with Gasteiger partial charge in [0.15, 0.2) is 28.2 Å². The Hall–Kier alpha value is -11.6. The molecule has 17 heterocycles. The van der Waals surface area contributed by atoms with Gasteiger partial charge in [-0.3, -0.25) is 10.2 Å². The molecule has 3 saturated heterocycles. The van der Waals surface area contributed by atoms with E-state index in [0.29, 0.717) is 53.2 Å². The Morgan fingerprint density at radius 3 is 1.32 bits per heavy atom. The highest BCUT2D eigenvalue weighted by Crippen LogP contribution is 2.39. The van der Waals surface area contributed by atoms with Crippen molar-refractivity contribution in [3.8, 4) is 0 Å². The second-order valence-corrected chi connectivity index (χ2v) is 36.8. The number of rotatable bonds is 14. The first-order chi connectivity index (χ1) is 61.7. The van der Waals surface area contributed by atoms with Crippen molar-refractivity contribution < 1.29 is 56.5 Å². The van der Waals surface area contributed by atoms with Gasteiger partial charge in [-0.1, -0.05) is 71.8 Å². The predicted octanol–water partition coefficient (Wildman–Crippen LogP) is 9.66. The molecule has 7 N–H and O–H groups in total. The monoisotopic (exact) mass is 2000 g/mol. The Morgan fingerprint density at radius 2 is 0.870 bits per heavy atom. The average molecular weight is 2000 g/mol. The number of anilines is 5. The van der Waals surface area contributed by atoms with Gasteiger partial charge >= 0.3 is 39.5 Å². The molecule has 3 aliphatic heterocycles. The topological polar surface area (TPSA) is 505 Å². The number of hydrogen-bond donors (Lipinski definition) is 7. The summed E-state index contributed by atoms with van der Waals surface area (Å²) >= 11 is 10.1. The number of esters is 1. The van der Waals surface area contributed by atoms with Crippen LogP contribution in [0.1, 0.15) is 149 Å². The Kier molecular flexibility index (Phi) is 33.1. The number of ether oxygens (including phenoxy) is 3. The van der Waals surface area contributed by atoms with E-state index in [4.69, 9.17) is 37.4 Å². The largest absolute Gasteiger partial charge is 0.498 e. The number of halogens is 3. The van der Waals surface area contributed by atoms with Gasteiger partial charge in [-0.15, -0.1) is 25.5 Å². The number of hydrogen-bond acceptors (Lipinski definition) is 36. The van der Waals surface area contributed by atoms with E-state index < -0.39 is 54.8 Å². The Bertz CT molecular complexity index is 6160. The molecule has 14 aromatic heterocycles. The summed E-state index contributed by atoms with van der Waals surface area (Å²) in [6, 6.07) is 9.32. The first-order valence-corrected chi connectivity index (χ1v) is 44.4. The van der Waals surface area contributed by atoms with E-state index in [1.165, 1.54) is 22.0 Å². The number of pyridine rings is 5. The third-order valence-corrected chi connectivity index (χ3v) is 22.4. The highest BCUT2D eigenvalue weighted by atomic mass is 79.9. The molecule has 0 spiro atoms. The molecule has 0 aliphatic carbocycles. The number of carbonyl (C=O) groups excluding carboxylic acids is 3. The van der Waals surface area contributed by atoms with Crippen molar-refractivity contribution in [2.24, 2.45) is 40.7 Å². The van der Waals surface area contributed by atoms with Crippen molar-refractivity contribution in [2.75, 3.05) is 82.1 Å². The van der Waals surface area contributed by atoms with Crippen LogP contribution in [0.25, 0.3) is 55.8 Å². The number of nitrogens with one attached hydrogen (secondary N) is 7. The first kappa shape index (κ1) is 102. The van der Waals surface area contributed by atoms with Crippen LogP contribution in [0.15, 0.2) is 84.4 Å². The summed E-state index contributed by atoms with van der Waals surface area (Å²) in [4.78, 5) is 57.3. The molecule has 14 aromatic rings. The molecule has 131 heavy (non-hydrogen) atoms. The number of alkyl halides is 2. The van der Waals surface area contributed by atoms with Crippen LogP contribution in [0, 0.1) is 5.41 Å². The molecule has 3 fully saturated rings. The fourth-order valence-electron chi connectivity index (χ4n) is 12.2. The molecule has 3 aliphatic rings. The van der Waals surface area contributed by atoms with Gasteiger partial charge in [-0.2, -0.15) is 29.8 Å². The maximum atomic E-state index is 11.9. The summed E-state index contributed by atoms with van der Waals surface area (Å²) < 4.78 is 62.0. The maximum Gasteiger partial charge on any atom is 0.498 e. The minimum absolute atomic E-state index is 0.0385. The second kappa shape index (κ2) is 42.7. The molecular formula is C80H113B3Br3N33O12. The standard InChI is InChI=1S/C15H25BN2O4.C14H23BN2O4.C12H18BN5O2.C11H13N7.C9H11N5O2.C8H10BrN5.C7H8BrN5.C4H5BrN2/c1-13(2,3)20-12(19)18-10-11(9-17-18)8-16-21-14(4,5)15(6,7)22-16;1-12(2,3)19-11(18)17-9-10(8-16-17)15-20-13(4,5)14(6,7)21-15;1-12(2)6-19-13(20-7-12)8-5-9(14-3)15-11-10(8)16-17-18(11)4;1-12-9-4-8(3-7-5-13-14-6-7)10-11(15-9)18(2)17-16-10;1-10-6-4-5(9(15)16-3)7-8(11-6)14(2)13-12-7;1-10-6-3-5(4-9)7-8(11-6)14(2)13-12-7;1-9-5-3-4(8)6-7(10-5)13(2)12-11-6;5-1-4-2-6-7-3-4/h9-10H,8H2,1-7H3;8-9H,1-7H3;5H,6-7H2,1-4H3,(H,14,15);4-6H,3H2,1-2H3,(H,12,15)(H,13,14);4H,1-3H3,(H,10,11);3H,4H2,1-2H3,(H,10,11);3H,1-2H3,(H,9,10);2-3H,1H2,(H,6,7). The number of aromatic nitrogens is 28. The van der Waals surface area contributed by atoms with Crippen LogP contribution in [0.5, 0.6) is 0 Å². The molecule has 45 nitrogen and oxygen atoms in total. The molecule has 0 bridgehead atoms. The third-order valence-electron chi connectivity index (χ3n) is 20.6. The summed E-state index contributed by atoms with van der Waals surface area (Å²) in [6.45, 7) is 32.4. The number of nitrogens with zero attached hydrogens (tertiary/aromatic N) is 26. The van der Waals surface area contributed by atoms with Crippen molar-refractivity contribution in [1.29, 1.82) is 0 Å². The zero-order valence-corrected chi connectivity index (χ0v) is 83.4. The van der Waals surface area contributed by atoms with Gasteiger partial charge in [0, 0.05) is 160 Å². The van der Waals surface area contributed by atoms with E-state index in [-0.39, 0.29) is 23.7 Å². The summed E-state index contributed by atoms with van der Waals surface area (Å²) in [5.74, 6) is 3.30. The van der Waals surface area contributed by atoms with Gasteiger partial charge in [-0.25, -0.2) is 62.7 Å². The number of fused-ring (bicyclic) bond motifs is 5. The molecule has 51 heteroatoms. The number of aryl methyl sites for hydroxylation is 5. The lowest BCUT2D eigenvalue weighted by atomic mass is 9.75. The molecule has 0 unspecified atom stereocenters. The lowest BCUT2D eigenvalue weighted by molar-refractivity contribution is 0.00578. The van der Waals surface area contributed by atoms with Crippen LogP contribution in [0.2, 0.25) is 0 Å². The van der Waals surface area contributed by atoms with E-state index in [9.17, 15) is 14.4 Å².